The summed E-state index contributed by atoms with van der Waals surface area (Å²) in [6.45, 7) is 8.29. The molecule has 0 saturated heterocycles. The van der Waals surface area contributed by atoms with E-state index in [2.05, 4.69) is 37.6 Å². The Hall–Kier alpha value is -1.29. The number of pyridine rings is 1. The van der Waals surface area contributed by atoms with E-state index in [0.717, 1.165) is 11.3 Å². The van der Waals surface area contributed by atoms with Crippen molar-refractivity contribution in [3.05, 3.63) is 29.6 Å². The maximum atomic E-state index is 4.37. The Morgan fingerprint density at radius 3 is 2.31 bits per heavy atom. The standard InChI is InChI=1S/C12H15N/c1-5-6-10-7-8-11(13-9-10)12(2,3)4/h7-9H,1-4H3. The van der Waals surface area contributed by atoms with Gasteiger partial charge < -0.3 is 0 Å². The van der Waals surface area contributed by atoms with E-state index in [-0.39, 0.29) is 5.41 Å². The van der Waals surface area contributed by atoms with Gasteiger partial charge in [-0.3, -0.25) is 4.98 Å². The molecule has 0 radical (unpaired) electrons. The molecule has 1 heteroatoms. The second kappa shape index (κ2) is 3.62. The average molecular weight is 173 g/mol. The van der Waals surface area contributed by atoms with Gasteiger partial charge in [0.25, 0.3) is 0 Å². The van der Waals surface area contributed by atoms with Crippen molar-refractivity contribution in [1.82, 2.24) is 4.98 Å². The van der Waals surface area contributed by atoms with Gasteiger partial charge >= 0.3 is 0 Å². The summed E-state index contributed by atoms with van der Waals surface area (Å²) in [7, 11) is 0. The van der Waals surface area contributed by atoms with Crippen LogP contribution in [-0.2, 0) is 5.41 Å². The first-order chi connectivity index (χ1) is 6.04. The monoisotopic (exact) mass is 173 g/mol. The zero-order valence-corrected chi connectivity index (χ0v) is 8.68. The highest BCUT2D eigenvalue weighted by atomic mass is 14.7. The maximum absolute atomic E-state index is 4.37. The van der Waals surface area contributed by atoms with Crippen LogP contribution in [0.2, 0.25) is 0 Å². The lowest BCUT2D eigenvalue weighted by Crippen LogP contribution is -2.12. The topological polar surface area (TPSA) is 12.9 Å². The van der Waals surface area contributed by atoms with Gasteiger partial charge in [0.2, 0.25) is 0 Å². The van der Waals surface area contributed by atoms with Crippen molar-refractivity contribution in [2.75, 3.05) is 0 Å². The van der Waals surface area contributed by atoms with E-state index in [1.807, 2.05) is 25.3 Å². The Morgan fingerprint density at radius 2 is 1.92 bits per heavy atom. The number of nitrogens with zero attached hydrogens (tertiary/aromatic N) is 1. The fraction of sp³-hybridized carbons (Fsp3) is 0.417. The van der Waals surface area contributed by atoms with Crippen molar-refractivity contribution >= 4 is 0 Å². The summed E-state index contributed by atoms with van der Waals surface area (Å²) in [5, 5.41) is 0. The zero-order chi connectivity index (χ0) is 9.90. The molecule has 0 aromatic carbocycles. The van der Waals surface area contributed by atoms with Crippen LogP contribution in [0, 0.1) is 11.8 Å². The summed E-state index contributed by atoms with van der Waals surface area (Å²) in [6, 6.07) is 4.06. The fourth-order valence-corrected chi connectivity index (χ4v) is 1.06. The van der Waals surface area contributed by atoms with Gasteiger partial charge in [-0.05, 0) is 19.1 Å². The van der Waals surface area contributed by atoms with E-state index in [9.17, 15) is 0 Å². The minimum absolute atomic E-state index is 0.123. The van der Waals surface area contributed by atoms with Crippen molar-refractivity contribution < 1.29 is 0 Å². The van der Waals surface area contributed by atoms with Crippen molar-refractivity contribution in [2.24, 2.45) is 0 Å². The lowest BCUT2D eigenvalue weighted by atomic mass is 9.91. The highest BCUT2D eigenvalue weighted by Crippen LogP contribution is 2.19. The second-order valence-electron chi connectivity index (χ2n) is 4.06. The van der Waals surface area contributed by atoms with E-state index in [1.165, 1.54) is 0 Å². The highest BCUT2D eigenvalue weighted by molar-refractivity contribution is 5.32. The molecule has 0 saturated carbocycles. The molecule has 0 aliphatic rings. The molecule has 1 aromatic heterocycles. The molecule has 1 aromatic rings. The van der Waals surface area contributed by atoms with Gasteiger partial charge in [0.1, 0.15) is 0 Å². The Kier molecular flexibility index (Phi) is 2.72. The van der Waals surface area contributed by atoms with Crippen LogP contribution >= 0.6 is 0 Å². The minimum Gasteiger partial charge on any atom is -0.259 e. The molecule has 0 aliphatic heterocycles. The normalized spacial score (nSPS) is 10.5. The van der Waals surface area contributed by atoms with Gasteiger partial charge in [-0.2, -0.15) is 0 Å². The smallest absolute Gasteiger partial charge is 0.0457 e. The van der Waals surface area contributed by atoms with Crippen molar-refractivity contribution in [3.8, 4) is 11.8 Å². The third-order valence-corrected chi connectivity index (χ3v) is 1.80. The Bertz CT molecular complexity index is 330. The molecule has 0 N–H and O–H groups in total. The van der Waals surface area contributed by atoms with Gasteiger partial charge in [0, 0.05) is 22.9 Å². The first kappa shape index (κ1) is 9.80. The summed E-state index contributed by atoms with van der Waals surface area (Å²) in [5.41, 5.74) is 2.21. The van der Waals surface area contributed by atoms with Crippen LogP contribution in [-0.4, -0.2) is 4.98 Å². The summed E-state index contributed by atoms with van der Waals surface area (Å²) in [6.07, 6.45) is 1.83. The first-order valence-corrected chi connectivity index (χ1v) is 4.43. The molecule has 0 spiro atoms. The predicted molar refractivity (Wildman–Crippen MR) is 55.5 cm³/mol. The molecule has 0 aliphatic carbocycles. The minimum atomic E-state index is 0.123. The summed E-state index contributed by atoms with van der Waals surface area (Å²) >= 11 is 0. The number of rotatable bonds is 0. The van der Waals surface area contributed by atoms with Crippen LogP contribution in [0.3, 0.4) is 0 Å². The van der Waals surface area contributed by atoms with Crippen LogP contribution in [0.5, 0.6) is 0 Å². The predicted octanol–water partition coefficient (Wildman–Crippen LogP) is 2.75. The van der Waals surface area contributed by atoms with E-state index < -0.39 is 0 Å². The molecule has 0 atom stereocenters. The lowest BCUT2D eigenvalue weighted by molar-refractivity contribution is 0.569. The number of hydrogen-bond donors (Lipinski definition) is 0. The molecule has 13 heavy (non-hydrogen) atoms. The summed E-state index contributed by atoms with van der Waals surface area (Å²) < 4.78 is 0. The Labute approximate surface area is 80.2 Å². The Balaban J connectivity index is 2.98. The molecule has 0 unspecified atom stereocenters. The van der Waals surface area contributed by atoms with Gasteiger partial charge in [-0.25, -0.2) is 0 Å². The highest BCUT2D eigenvalue weighted by Gasteiger charge is 2.14. The maximum Gasteiger partial charge on any atom is 0.0457 e. The average Bonchev–Trinajstić information content (AvgIpc) is 2.04. The van der Waals surface area contributed by atoms with Crippen molar-refractivity contribution in [2.45, 2.75) is 33.1 Å². The Morgan fingerprint density at radius 1 is 1.23 bits per heavy atom. The van der Waals surface area contributed by atoms with Crippen molar-refractivity contribution in [3.63, 3.8) is 0 Å². The molecule has 1 nitrogen and oxygen atoms in total. The fourth-order valence-electron chi connectivity index (χ4n) is 1.06. The second-order valence-corrected chi connectivity index (χ2v) is 4.06. The molecule has 1 heterocycles. The van der Waals surface area contributed by atoms with Crippen LogP contribution in [0.25, 0.3) is 0 Å². The van der Waals surface area contributed by atoms with Crippen molar-refractivity contribution in [1.29, 1.82) is 0 Å². The third kappa shape index (κ3) is 2.59. The van der Waals surface area contributed by atoms with E-state index in [4.69, 9.17) is 0 Å². The first-order valence-electron chi connectivity index (χ1n) is 4.43. The molecule has 0 amide bonds. The molecule has 1 rings (SSSR count). The lowest BCUT2D eigenvalue weighted by Gasteiger charge is -2.16. The van der Waals surface area contributed by atoms with Gasteiger partial charge in [-0.1, -0.05) is 26.7 Å². The van der Waals surface area contributed by atoms with Gasteiger partial charge in [0.05, 0.1) is 0 Å². The molecular formula is C12H15N. The quantitative estimate of drug-likeness (QED) is 0.550. The van der Waals surface area contributed by atoms with Crippen LogP contribution in [0.4, 0.5) is 0 Å². The van der Waals surface area contributed by atoms with Crippen LogP contribution in [0.1, 0.15) is 39.0 Å². The zero-order valence-electron chi connectivity index (χ0n) is 8.68. The number of aromatic nitrogens is 1. The van der Waals surface area contributed by atoms with E-state index in [1.54, 1.807) is 0 Å². The molecule has 0 fully saturated rings. The molecule has 0 bridgehead atoms. The largest absolute Gasteiger partial charge is 0.259 e. The van der Waals surface area contributed by atoms with Crippen LogP contribution < -0.4 is 0 Å². The summed E-state index contributed by atoms with van der Waals surface area (Å²) in [4.78, 5) is 4.37. The SMILES string of the molecule is CC#Cc1ccc(C(C)(C)C)nc1. The third-order valence-electron chi connectivity index (χ3n) is 1.80. The number of hydrogen-bond acceptors (Lipinski definition) is 1. The molecular weight excluding hydrogens is 158 g/mol. The van der Waals surface area contributed by atoms with Gasteiger partial charge in [-0.15, -0.1) is 5.92 Å². The molecule has 68 valence electrons. The van der Waals surface area contributed by atoms with E-state index in [0.29, 0.717) is 0 Å². The van der Waals surface area contributed by atoms with Gasteiger partial charge in [0.15, 0.2) is 0 Å². The van der Waals surface area contributed by atoms with E-state index >= 15 is 0 Å². The van der Waals surface area contributed by atoms with Crippen LogP contribution in [0.15, 0.2) is 18.3 Å². The summed E-state index contributed by atoms with van der Waals surface area (Å²) in [5.74, 6) is 5.83.